The Kier molecular flexibility index (Phi) is 3.96. The van der Waals surface area contributed by atoms with Gasteiger partial charge in [0.05, 0.1) is 17.5 Å². The highest BCUT2D eigenvalue weighted by Gasteiger charge is 2.16. The highest BCUT2D eigenvalue weighted by molar-refractivity contribution is 6.02. The summed E-state index contributed by atoms with van der Waals surface area (Å²) in [5, 5.41) is 4.25. The number of rotatable bonds is 4. The summed E-state index contributed by atoms with van der Waals surface area (Å²) < 4.78 is 7.69. The van der Waals surface area contributed by atoms with E-state index in [4.69, 9.17) is 4.74 Å². The number of fused-ring (bicyclic) bond motifs is 1. The van der Waals surface area contributed by atoms with Gasteiger partial charge in [-0.2, -0.15) is 5.10 Å². The van der Waals surface area contributed by atoms with Crippen molar-refractivity contribution in [1.82, 2.24) is 9.99 Å². The number of carbonyl (C=O) groups is 1. The number of hydrogen-bond donors (Lipinski definition) is 1. The van der Waals surface area contributed by atoms with Gasteiger partial charge in [0.1, 0.15) is 5.75 Å². The molecule has 114 valence electrons. The highest BCUT2D eigenvalue weighted by atomic mass is 16.5. The Labute approximate surface area is 129 Å². The van der Waals surface area contributed by atoms with Gasteiger partial charge in [-0.05, 0) is 50.2 Å². The summed E-state index contributed by atoms with van der Waals surface area (Å²) in [6.45, 7) is 4.85. The monoisotopic (exact) mass is 297 g/mol. The molecule has 1 amide bonds. The van der Waals surface area contributed by atoms with Gasteiger partial charge in [-0.25, -0.2) is 5.43 Å². The normalized spacial score (nSPS) is 15.1. The first kappa shape index (κ1) is 14.4. The maximum Gasteiger partial charge on any atom is 0.271 e. The number of benzene rings is 1. The van der Waals surface area contributed by atoms with Crippen LogP contribution in [0.4, 0.5) is 0 Å². The van der Waals surface area contributed by atoms with Crippen molar-refractivity contribution in [2.75, 3.05) is 0 Å². The van der Waals surface area contributed by atoms with Crippen LogP contribution in [0.2, 0.25) is 0 Å². The molecule has 2 heterocycles. The van der Waals surface area contributed by atoms with Crippen LogP contribution in [0.15, 0.2) is 47.7 Å². The fraction of sp³-hybridized carbons (Fsp3) is 0.294. The number of amides is 1. The Hall–Kier alpha value is -2.56. The summed E-state index contributed by atoms with van der Waals surface area (Å²) in [6.07, 6.45) is 2.98. The zero-order valence-electron chi connectivity index (χ0n) is 12.7. The fourth-order valence-corrected chi connectivity index (χ4v) is 2.48. The van der Waals surface area contributed by atoms with Crippen molar-refractivity contribution in [3.05, 3.63) is 53.9 Å². The first-order chi connectivity index (χ1) is 10.6. The average Bonchev–Trinajstić information content (AvgIpc) is 3.08. The molecule has 1 aromatic heterocycles. The average molecular weight is 297 g/mol. The number of hydrogen-bond acceptors (Lipinski definition) is 3. The van der Waals surface area contributed by atoms with Crippen LogP contribution in [-0.2, 0) is 6.54 Å². The quantitative estimate of drug-likeness (QED) is 0.882. The fourth-order valence-electron chi connectivity index (χ4n) is 2.48. The van der Waals surface area contributed by atoms with Crippen LogP contribution in [0.3, 0.4) is 0 Å². The van der Waals surface area contributed by atoms with Gasteiger partial charge in [0.2, 0.25) is 0 Å². The molecule has 0 fully saturated rings. The lowest BCUT2D eigenvalue weighted by Crippen LogP contribution is -2.19. The molecule has 0 saturated heterocycles. The molecule has 0 atom stereocenters. The minimum absolute atomic E-state index is 0.115. The Morgan fingerprint density at radius 1 is 1.27 bits per heavy atom. The maximum atomic E-state index is 12.1. The van der Waals surface area contributed by atoms with E-state index in [1.807, 2.05) is 32.2 Å². The highest BCUT2D eigenvalue weighted by Crippen LogP contribution is 2.16. The van der Waals surface area contributed by atoms with E-state index >= 15 is 0 Å². The zero-order chi connectivity index (χ0) is 15.5. The summed E-state index contributed by atoms with van der Waals surface area (Å²) in [7, 11) is 0. The van der Waals surface area contributed by atoms with Crippen molar-refractivity contribution in [2.24, 2.45) is 5.10 Å². The lowest BCUT2D eigenvalue weighted by Gasteiger charge is -2.09. The number of nitrogens with one attached hydrogen (secondary N) is 1. The van der Waals surface area contributed by atoms with Gasteiger partial charge in [-0.1, -0.05) is 0 Å². The Balaban J connectivity index is 1.65. The molecule has 0 bridgehead atoms. The van der Waals surface area contributed by atoms with Crippen molar-refractivity contribution in [1.29, 1.82) is 0 Å². The van der Waals surface area contributed by atoms with Crippen molar-refractivity contribution in [3.8, 4) is 5.75 Å². The predicted octanol–water partition coefficient (Wildman–Crippen LogP) is 2.81. The molecule has 0 aliphatic carbocycles. The lowest BCUT2D eigenvalue weighted by molar-refractivity contribution is 0.0955. The van der Waals surface area contributed by atoms with Crippen molar-refractivity contribution >= 4 is 11.6 Å². The Bertz CT molecular complexity index is 699. The maximum absolute atomic E-state index is 12.1. The molecule has 5 heteroatoms. The lowest BCUT2D eigenvalue weighted by atomic mass is 10.2. The van der Waals surface area contributed by atoms with Crippen molar-refractivity contribution in [2.45, 2.75) is 32.9 Å². The number of carbonyl (C=O) groups excluding carboxylic acids is 1. The number of aromatic nitrogens is 1. The van der Waals surface area contributed by atoms with E-state index in [0.29, 0.717) is 5.56 Å². The summed E-state index contributed by atoms with van der Waals surface area (Å²) in [6, 6.07) is 11.1. The van der Waals surface area contributed by atoms with Crippen LogP contribution in [0, 0.1) is 0 Å². The molecule has 0 radical (unpaired) electrons. The number of aryl methyl sites for hydroxylation is 1. The van der Waals surface area contributed by atoms with Gasteiger partial charge >= 0.3 is 0 Å². The molecule has 0 unspecified atom stereocenters. The van der Waals surface area contributed by atoms with Crippen LogP contribution < -0.4 is 10.2 Å². The standard InChI is InChI=1S/C17H19N3O2/c1-12(2)22-14-7-5-13(6-8-14)17(21)19-18-15-9-11-20-10-3-4-16(15)20/h3-8,10,12H,9,11H2,1-2H3,(H,19,21). The second kappa shape index (κ2) is 6.05. The largest absolute Gasteiger partial charge is 0.491 e. The summed E-state index contributed by atoms with van der Waals surface area (Å²) in [5.74, 6) is 0.542. The number of ether oxygens (including phenoxy) is 1. The predicted molar refractivity (Wildman–Crippen MR) is 85.3 cm³/mol. The third-order valence-corrected chi connectivity index (χ3v) is 3.50. The van der Waals surface area contributed by atoms with Crippen LogP contribution in [0.5, 0.6) is 5.75 Å². The van der Waals surface area contributed by atoms with Gasteiger partial charge < -0.3 is 9.30 Å². The smallest absolute Gasteiger partial charge is 0.271 e. The van der Waals surface area contributed by atoms with Gasteiger partial charge in [0.15, 0.2) is 0 Å². The summed E-state index contributed by atoms with van der Waals surface area (Å²) in [5.41, 5.74) is 5.18. The molecule has 22 heavy (non-hydrogen) atoms. The first-order valence-electron chi connectivity index (χ1n) is 7.42. The van der Waals surface area contributed by atoms with Crippen LogP contribution in [0.1, 0.15) is 36.3 Å². The van der Waals surface area contributed by atoms with Crippen LogP contribution >= 0.6 is 0 Å². The zero-order valence-corrected chi connectivity index (χ0v) is 12.7. The Morgan fingerprint density at radius 3 is 2.77 bits per heavy atom. The molecule has 1 aromatic carbocycles. The third kappa shape index (κ3) is 3.03. The molecule has 3 rings (SSSR count). The second-order valence-corrected chi connectivity index (χ2v) is 5.53. The van der Waals surface area contributed by atoms with Crippen LogP contribution in [-0.4, -0.2) is 22.3 Å². The molecule has 5 nitrogen and oxygen atoms in total. The van der Waals surface area contributed by atoms with E-state index in [-0.39, 0.29) is 12.0 Å². The van der Waals surface area contributed by atoms with Gasteiger partial charge in [0.25, 0.3) is 5.91 Å². The van der Waals surface area contributed by atoms with E-state index in [0.717, 1.165) is 30.1 Å². The molecule has 2 aromatic rings. The second-order valence-electron chi connectivity index (χ2n) is 5.53. The Morgan fingerprint density at radius 2 is 2.05 bits per heavy atom. The first-order valence-corrected chi connectivity index (χ1v) is 7.42. The SMILES string of the molecule is CC(C)Oc1ccc(C(=O)NN=C2CCn3cccc32)cc1. The van der Waals surface area contributed by atoms with E-state index in [1.54, 1.807) is 24.3 Å². The number of hydrazone groups is 1. The van der Waals surface area contributed by atoms with Gasteiger partial charge in [-0.3, -0.25) is 4.79 Å². The molecule has 0 spiro atoms. The molecule has 1 N–H and O–H groups in total. The molecule has 1 aliphatic rings. The molecular formula is C17H19N3O2. The van der Waals surface area contributed by atoms with Gasteiger partial charge in [0, 0.05) is 24.7 Å². The molecule has 0 saturated carbocycles. The minimum Gasteiger partial charge on any atom is -0.491 e. The summed E-state index contributed by atoms with van der Waals surface area (Å²) >= 11 is 0. The third-order valence-electron chi connectivity index (χ3n) is 3.50. The minimum atomic E-state index is -0.214. The van der Waals surface area contributed by atoms with Crippen molar-refractivity contribution in [3.63, 3.8) is 0 Å². The molecular weight excluding hydrogens is 278 g/mol. The van der Waals surface area contributed by atoms with Crippen LogP contribution in [0.25, 0.3) is 0 Å². The van der Waals surface area contributed by atoms with E-state index < -0.39 is 0 Å². The molecule has 1 aliphatic heterocycles. The topological polar surface area (TPSA) is 55.6 Å². The summed E-state index contributed by atoms with van der Waals surface area (Å²) in [4.78, 5) is 12.1. The van der Waals surface area contributed by atoms with E-state index in [1.165, 1.54) is 0 Å². The van der Waals surface area contributed by atoms with Gasteiger partial charge in [-0.15, -0.1) is 0 Å². The van der Waals surface area contributed by atoms with Crippen molar-refractivity contribution < 1.29 is 9.53 Å². The van der Waals surface area contributed by atoms with E-state index in [9.17, 15) is 4.79 Å². The number of nitrogens with zero attached hydrogens (tertiary/aromatic N) is 2. The van der Waals surface area contributed by atoms with E-state index in [2.05, 4.69) is 15.1 Å².